The molecule has 0 aliphatic carbocycles. The summed E-state index contributed by atoms with van der Waals surface area (Å²) in [6.07, 6.45) is 42.6. The van der Waals surface area contributed by atoms with Crippen molar-refractivity contribution in [1.82, 2.24) is 0 Å². The van der Waals surface area contributed by atoms with Crippen LogP contribution in [0.25, 0.3) is 0 Å². The molecule has 10 nitrogen and oxygen atoms in total. The van der Waals surface area contributed by atoms with Gasteiger partial charge in [-0.1, -0.05) is 172 Å². The molecule has 0 saturated carbocycles. The molecule has 2 unspecified atom stereocenters. The summed E-state index contributed by atoms with van der Waals surface area (Å²) in [7, 11) is 0. The van der Waals surface area contributed by atoms with E-state index in [1.54, 1.807) is 0 Å². The molecule has 1 heterocycles. The van der Waals surface area contributed by atoms with Gasteiger partial charge in [-0.25, -0.2) is 0 Å². The number of aliphatic hydroxyl groups is 4. The quantitative estimate of drug-likeness (QED) is 0.0265. The fraction of sp³-hybridized carbons (Fsp3) is 0.804. The summed E-state index contributed by atoms with van der Waals surface area (Å²) >= 11 is 0. The second kappa shape index (κ2) is 41.7. The molecule has 4 N–H and O–H groups in total. The van der Waals surface area contributed by atoms with E-state index in [-0.39, 0.29) is 26.1 Å². The van der Waals surface area contributed by atoms with Crippen LogP contribution in [0.1, 0.15) is 206 Å². The van der Waals surface area contributed by atoms with Crippen LogP contribution in [0.5, 0.6) is 0 Å². The Hall–Kier alpha value is -2.34. The number of aliphatic hydroxyl groups excluding tert-OH is 4. The number of hydrogen-bond donors (Lipinski definition) is 4. The Bertz CT molecular complexity index is 1130. The summed E-state index contributed by atoms with van der Waals surface area (Å²) in [5, 5.41) is 40.2. The number of hydrogen-bond acceptors (Lipinski definition) is 10. The van der Waals surface area contributed by atoms with E-state index in [0.29, 0.717) is 12.8 Å². The van der Waals surface area contributed by atoms with E-state index in [1.165, 1.54) is 96.3 Å². The summed E-state index contributed by atoms with van der Waals surface area (Å²) in [5.41, 5.74) is 0. The summed E-state index contributed by atoms with van der Waals surface area (Å²) < 4.78 is 22.2. The molecule has 0 aromatic carbocycles. The molecule has 354 valence electrons. The van der Waals surface area contributed by atoms with E-state index in [4.69, 9.17) is 18.9 Å². The van der Waals surface area contributed by atoms with Crippen molar-refractivity contribution in [2.24, 2.45) is 0 Å². The summed E-state index contributed by atoms with van der Waals surface area (Å²) in [6, 6.07) is 0. The maximum atomic E-state index is 12.8. The third kappa shape index (κ3) is 32.9. The molecule has 1 rings (SSSR count). The number of ether oxygens (including phenoxy) is 4. The smallest absolute Gasteiger partial charge is 0.306 e. The second-order valence-corrected chi connectivity index (χ2v) is 16.9. The molecule has 0 radical (unpaired) electrons. The van der Waals surface area contributed by atoms with Crippen molar-refractivity contribution in [3.63, 3.8) is 0 Å². The molecule has 0 aromatic heterocycles. The van der Waals surface area contributed by atoms with Gasteiger partial charge in [-0.2, -0.15) is 0 Å². The van der Waals surface area contributed by atoms with Crippen molar-refractivity contribution in [2.45, 2.75) is 243 Å². The first-order valence-electron chi connectivity index (χ1n) is 24.7. The van der Waals surface area contributed by atoms with Crippen molar-refractivity contribution in [1.29, 1.82) is 0 Å². The molecule has 1 aliphatic rings. The van der Waals surface area contributed by atoms with Crippen LogP contribution in [0, 0.1) is 0 Å². The van der Waals surface area contributed by atoms with Crippen molar-refractivity contribution in [3.8, 4) is 0 Å². The topological polar surface area (TPSA) is 152 Å². The van der Waals surface area contributed by atoms with Gasteiger partial charge in [0.1, 0.15) is 31.0 Å². The Kier molecular flexibility index (Phi) is 38.7. The van der Waals surface area contributed by atoms with Gasteiger partial charge in [0, 0.05) is 12.8 Å². The number of unbranched alkanes of at least 4 members (excludes halogenated alkanes) is 22. The van der Waals surface area contributed by atoms with Gasteiger partial charge in [0.05, 0.1) is 13.2 Å². The van der Waals surface area contributed by atoms with Crippen LogP contribution in [0.3, 0.4) is 0 Å². The first-order chi connectivity index (χ1) is 29.8. The molecule has 0 bridgehead atoms. The number of rotatable bonds is 41. The summed E-state index contributed by atoms with van der Waals surface area (Å²) in [6.45, 7) is 3.30. The second-order valence-electron chi connectivity index (χ2n) is 16.9. The Morgan fingerprint density at radius 2 is 0.967 bits per heavy atom. The van der Waals surface area contributed by atoms with Crippen LogP contribution in [0.4, 0.5) is 0 Å². The number of carbonyl (C=O) groups excluding carboxylic acids is 2. The zero-order chi connectivity index (χ0) is 44.4. The molecule has 0 amide bonds. The molecule has 1 fully saturated rings. The maximum absolute atomic E-state index is 12.8. The average Bonchev–Trinajstić information content (AvgIpc) is 3.26. The lowest BCUT2D eigenvalue weighted by Gasteiger charge is -2.39. The fourth-order valence-electron chi connectivity index (χ4n) is 7.32. The minimum absolute atomic E-state index is 0.225. The van der Waals surface area contributed by atoms with E-state index in [1.807, 2.05) is 0 Å². The van der Waals surface area contributed by atoms with E-state index in [0.717, 1.165) is 70.6 Å². The Balaban J connectivity index is 2.28. The van der Waals surface area contributed by atoms with Gasteiger partial charge in [-0.05, 0) is 70.6 Å². The zero-order valence-electron chi connectivity index (χ0n) is 38.7. The predicted octanol–water partition coefficient (Wildman–Crippen LogP) is 11.2. The normalized spacial score (nSPS) is 20.1. The monoisotopic (exact) mass is 863 g/mol. The molecule has 61 heavy (non-hydrogen) atoms. The average molecular weight is 863 g/mol. The Labute approximate surface area is 371 Å². The lowest BCUT2D eigenvalue weighted by Crippen LogP contribution is -2.59. The molecule has 6 atom stereocenters. The highest BCUT2D eigenvalue weighted by molar-refractivity contribution is 5.70. The fourth-order valence-corrected chi connectivity index (χ4v) is 7.32. The minimum Gasteiger partial charge on any atom is -0.462 e. The van der Waals surface area contributed by atoms with Crippen molar-refractivity contribution in [2.75, 3.05) is 19.8 Å². The number of esters is 2. The van der Waals surface area contributed by atoms with Gasteiger partial charge in [0.25, 0.3) is 0 Å². The third-order valence-corrected chi connectivity index (χ3v) is 11.2. The molecule has 0 aromatic rings. The van der Waals surface area contributed by atoms with E-state index in [2.05, 4.69) is 62.5 Å². The van der Waals surface area contributed by atoms with Gasteiger partial charge in [0.2, 0.25) is 0 Å². The van der Waals surface area contributed by atoms with Gasteiger partial charge < -0.3 is 39.4 Å². The van der Waals surface area contributed by atoms with Crippen molar-refractivity contribution < 1.29 is 49.0 Å². The Morgan fingerprint density at radius 3 is 1.48 bits per heavy atom. The molecule has 1 aliphatic heterocycles. The summed E-state index contributed by atoms with van der Waals surface area (Å²) in [5.74, 6) is -0.824. The van der Waals surface area contributed by atoms with Crippen LogP contribution in [0.15, 0.2) is 48.6 Å². The van der Waals surface area contributed by atoms with Gasteiger partial charge in [0.15, 0.2) is 12.4 Å². The van der Waals surface area contributed by atoms with Crippen LogP contribution in [-0.4, -0.2) is 89.0 Å². The first-order valence-corrected chi connectivity index (χ1v) is 24.7. The van der Waals surface area contributed by atoms with Crippen molar-refractivity contribution >= 4 is 11.9 Å². The van der Waals surface area contributed by atoms with Crippen LogP contribution in [0.2, 0.25) is 0 Å². The highest BCUT2D eigenvalue weighted by atomic mass is 16.7. The summed E-state index contributed by atoms with van der Waals surface area (Å²) in [4.78, 5) is 25.4. The van der Waals surface area contributed by atoms with E-state index < -0.39 is 55.4 Å². The molecule has 10 heteroatoms. The zero-order valence-corrected chi connectivity index (χ0v) is 38.7. The third-order valence-electron chi connectivity index (χ3n) is 11.2. The SMILES string of the molecule is CC/C=C/C/C=C/C/C=C/CCCCCCCC(=O)OC[C@H](CO[C@@H]1O[C@H](CO)[C@H](O)C(O)C1O)OC(=O)CCCCCCCCCCCCC/C=C/CCCCCCCC. The Morgan fingerprint density at radius 1 is 0.525 bits per heavy atom. The largest absolute Gasteiger partial charge is 0.462 e. The maximum Gasteiger partial charge on any atom is 0.306 e. The highest BCUT2D eigenvalue weighted by Crippen LogP contribution is 2.23. The lowest BCUT2D eigenvalue weighted by molar-refractivity contribution is -0.305. The van der Waals surface area contributed by atoms with Crippen LogP contribution in [-0.2, 0) is 28.5 Å². The molecule has 0 spiro atoms. The minimum atomic E-state index is -1.60. The molecular formula is C51H90O10. The van der Waals surface area contributed by atoms with Crippen LogP contribution >= 0.6 is 0 Å². The first kappa shape index (κ1) is 56.7. The molecule has 1 saturated heterocycles. The van der Waals surface area contributed by atoms with Crippen LogP contribution < -0.4 is 0 Å². The van der Waals surface area contributed by atoms with Gasteiger partial charge in [-0.3, -0.25) is 9.59 Å². The van der Waals surface area contributed by atoms with Crippen molar-refractivity contribution in [3.05, 3.63) is 48.6 Å². The van der Waals surface area contributed by atoms with Gasteiger partial charge >= 0.3 is 11.9 Å². The molecular weight excluding hydrogens is 773 g/mol. The van der Waals surface area contributed by atoms with Gasteiger partial charge in [-0.15, -0.1) is 0 Å². The van der Waals surface area contributed by atoms with E-state index >= 15 is 0 Å². The highest BCUT2D eigenvalue weighted by Gasteiger charge is 2.44. The van der Waals surface area contributed by atoms with E-state index in [9.17, 15) is 30.0 Å². The predicted molar refractivity (Wildman–Crippen MR) is 247 cm³/mol. The number of carbonyl (C=O) groups is 2. The number of allylic oxidation sites excluding steroid dienone is 8. The lowest BCUT2D eigenvalue weighted by atomic mass is 9.99. The standard InChI is InChI=1S/C51H90O10/c1-3-5-7-9-11-13-15-17-19-20-21-22-23-24-26-28-30-32-34-36-38-40-47(54)60-44(43-59-51-50(57)49(56)48(55)45(41-52)61-51)42-58-46(53)39-37-35-33-31-29-27-25-18-16-14-12-10-8-6-4-2/h6,8,12,14,17-19,25,44-45,48-52,55-57H,3-5,7,9-11,13,15-16,20-24,26-43H2,1-2H3/b8-6+,14-12+,19-17+,25-18+/t44-,45-,48+,49?,50?,51-/m1/s1.